The van der Waals surface area contributed by atoms with Gasteiger partial charge in [0.25, 0.3) is 5.91 Å². The molecule has 1 aliphatic heterocycles. The Labute approximate surface area is 183 Å². The molecular formula is C20H22BrN3O5S. The van der Waals surface area contributed by atoms with Gasteiger partial charge in [-0.3, -0.25) is 14.6 Å². The highest BCUT2D eigenvalue weighted by atomic mass is 79.9. The van der Waals surface area contributed by atoms with E-state index in [9.17, 15) is 18.0 Å². The first-order chi connectivity index (χ1) is 14.3. The topological polar surface area (TPSA) is 106 Å². The maximum Gasteiger partial charge on any atom is 0.309 e. The molecule has 0 saturated carbocycles. The van der Waals surface area contributed by atoms with Gasteiger partial charge in [0.15, 0.2) is 6.61 Å². The number of nitrogens with one attached hydrogen (secondary N) is 1. The van der Waals surface area contributed by atoms with Gasteiger partial charge >= 0.3 is 5.97 Å². The Morgan fingerprint density at radius 3 is 2.63 bits per heavy atom. The second-order valence-electron chi connectivity index (χ2n) is 7.01. The van der Waals surface area contributed by atoms with Crippen molar-refractivity contribution in [2.75, 3.05) is 25.0 Å². The first-order valence-corrected chi connectivity index (χ1v) is 11.6. The van der Waals surface area contributed by atoms with Crippen molar-refractivity contribution in [1.82, 2.24) is 9.29 Å². The molecule has 10 heteroatoms. The van der Waals surface area contributed by atoms with E-state index in [2.05, 4.69) is 26.2 Å². The van der Waals surface area contributed by atoms with Gasteiger partial charge in [-0.15, -0.1) is 0 Å². The zero-order valence-electron chi connectivity index (χ0n) is 16.4. The average Bonchev–Trinajstić information content (AvgIpc) is 2.75. The number of hydrogen-bond donors (Lipinski definition) is 1. The molecule has 0 aliphatic carbocycles. The van der Waals surface area contributed by atoms with Gasteiger partial charge in [-0.05, 0) is 65.5 Å². The molecule has 3 rings (SSSR count). The van der Waals surface area contributed by atoms with E-state index in [0.29, 0.717) is 18.5 Å². The Balaban J connectivity index is 1.48. The summed E-state index contributed by atoms with van der Waals surface area (Å²) in [7, 11) is -3.63. The predicted octanol–water partition coefficient (Wildman–Crippen LogP) is 2.74. The lowest BCUT2D eigenvalue weighted by molar-refractivity contribution is -0.152. The third-order valence-corrected chi connectivity index (χ3v) is 7.34. The van der Waals surface area contributed by atoms with Gasteiger partial charge in [-0.1, -0.05) is 6.07 Å². The van der Waals surface area contributed by atoms with E-state index in [1.807, 2.05) is 19.1 Å². The highest BCUT2D eigenvalue weighted by molar-refractivity contribution is 9.10. The second kappa shape index (κ2) is 9.67. The van der Waals surface area contributed by atoms with Crippen LogP contribution in [0.25, 0.3) is 0 Å². The number of anilines is 1. The van der Waals surface area contributed by atoms with Gasteiger partial charge in [0, 0.05) is 30.0 Å². The van der Waals surface area contributed by atoms with Crippen LogP contribution in [-0.2, 0) is 24.3 Å². The summed E-state index contributed by atoms with van der Waals surface area (Å²) in [5.41, 5.74) is 1.64. The number of amides is 1. The van der Waals surface area contributed by atoms with Gasteiger partial charge in [-0.2, -0.15) is 4.31 Å². The number of piperidine rings is 1. The van der Waals surface area contributed by atoms with Crippen LogP contribution in [0.3, 0.4) is 0 Å². The number of rotatable bonds is 6. The average molecular weight is 496 g/mol. The molecule has 8 nitrogen and oxygen atoms in total. The van der Waals surface area contributed by atoms with Crippen molar-refractivity contribution in [1.29, 1.82) is 0 Å². The SMILES string of the molecule is Cc1ccc(NC(=O)COC(=O)C2CCN(S(=O)(=O)c3cccnc3)CC2)c(Br)c1. The lowest BCUT2D eigenvalue weighted by Gasteiger charge is -2.29. The van der Waals surface area contributed by atoms with E-state index >= 15 is 0 Å². The molecule has 30 heavy (non-hydrogen) atoms. The van der Waals surface area contributed by atoms with Crippen LogP contribution in [0.1, 0.15) is 18.4 Å². The van der Waals surface area contributed by atoms with Gasteiger partial charge in [-0.25, -0.2) is 8.42 Å². The molecule has 1 aromatic heterocycles. The summed E-state index contributed by atoms with van der Waals surface area (Å²) in [6, 6.07) is 8.55. The number of benzene rings is 1. The maximum atomic E-state index is 12.6. The number of aromatic nitrogens is 1. The molecule has 1 N–H and O–H groups in total. The first kappa shape index (κ1) is 22.4. The van der Waals surface area contributed by atoms with Crippen LogP contribution >= 0.6 is 15.9 Å². The molecule has 160 valence electrons. The highest BCUT2D eigenvalue weighted by Crippen LogP contribution is 2.25. The number of aryl methyl sites for hydroxylation is 1. The summed E-state index contributed by atoms with van der Waals surface area (Å²) in [6.45, 7) is 1.96. The minimum Gasteiger partial charge on any atom is -0.455 e. The Bertz CT molecular complexity index is 1020. The van der Waals surface area contributed by atoms with Gasteiger partial charge in [0.05, 0.1) is 11.6 Å². The summed E-state index contributed by atoms with van der Waals surface area (Å²) < 4.78 is 32.5. The summed E-state index contributed by atoms with van der Waals surface area (Å²) in [5, 5.41) is 2.68. The highest BCUT2D eigenvalue weighted by Gasteiger charge is 2.33. The lowest BCUT2D eigenvalue weighted by atomic mass is 9.98. The van der Waals surface area contributed by atoms with Crippen LogP contribution in [0, 0.1) is 12.8 Å². The number of sulfonamides is 1. The molecule has 1 saturated heterocycles. The fourth-order valence-electron chi connectivity index (χ4n) is 3.14. The number of carbonyl (C=O) groups is 2. The zero-order valence-corrected chi connectivity index (χ0v) is 18.8. The normalized spacial score (nSPS) is 15.5. The molecule has 0 unspecified atom stereocenters. The van der Waals surface area contributed by atoms with Gasteiger partial charge in [0.1, 0.15) is 4.90 Å². The van der Waals surface area contributed by atoms with Crippen molar-refractivity contribution in [3.8, 4) is 0 Å². The van der Waals surface area contributed by atoms with E-state index in [4.69, 9.17) is 4.74 Å². The minimum absolute atomic E-state index is 0.130. The van der Waals surface area contributed by atoms with E-state index in [-0.39, 0.29) is 18.0 Å². The van der Waals surface area contributed by atoms with Crippen molar-refractivity contribution in [3.05, 3.63) is 52.8 Å². The molecular weight excluding hydrogens is 474 g/mol. The number of pyridine rings is 1. The zero-order chi connectivity index (χ0) is 21.7. The van der Waals surface area contributed by atoms with Crippen molar-refractivity contribution in [2.24, 2.45) is 5.92 Å². The molecule has 2 heterocycles. The Morgan fingerprint density at radius 2 is 2.00 bits per heavy atom. The Hall–Kier alpha value is -2.30. The van der Waals surface area contributed by atoms with Crippen molar-refractivity contribution in [3.63, 3.8) is 0 Å². The molecule has 1 fully saturated rings. The van der Waals surface area contributed by atoms with Gasteiger partial charge in [0.2, 0.25) is 10.0 Å². The summed E-state index contributed by atoms with van der Waals surface area (Å²) >= 11 is 3.38. The largest absolute Gasteiger partial charge is 0.455 e. The molecule has 0 atom stereocenters. The predicted molar refractivity (Wildman–Crippen MR) is 114 cm³/mol. The second-order valence-corrected chi connectivity index (χ2v) is 9.80. The molecule has 1 aliphatic rings. The lowest BCUT2D eigenvalue weighted by Crippen LogP contribution is -2.41. The van der Waals surface area contributed by atoms with Crippen LogP contribution in [-0.4, -0.2) is 49.3 Å². The molecule has 2 aromatic rings. The van der Waals surface area contributed by atoms with Crippen molar-refractivity contribution < 1.29 is 22.7 Å². The van der Waals surface area contributed by atoms with Crippen LogP contribution < -0.4 is 5.32 Å². The number of ether oxygens (including phenoxy) is 1. The standard InChI is InChI=1S/C20H22BrN3O5S/c1-14-4-5-18(17(21)11-14)23-19(25)13-29-20(26)15-6-9-24(10-7-15)30(27,28)16-3-2-8-22-12-16/h2-5,8,11-12,15H,6-7,9-10,13H2,1H3,(H,23,25). The molecule has 1 amide bonds. The van der Waals surface area contributed by atoms with Crippen LogP contribution in [0.15, 0.2) is 52.1 Å². The van der Waals surface area contributed by atoms with Gasteiger partial charge < -0.3 is 10.1 Å². The molecule has 0 bridgehead atoms. The summed E-state index contributed by atoms with van der Waals surface area (Å²) in [6.07, 6.45) is 3.49. The van der Waals surface area contributed by atoms with E-state index in [1.165, 1.54) is 22.8 Å². The molecule has 0 spiro atoms. The number of hydrogen-bond acceptors (Lipinski definition) is 6. The van der Waals surface area contributed by atoms with Crippen LogP contribution in [0.2, 0.25) is 0 Å². The van der Waals surface area contributed by atoms with Crippen LogP contribution in [0.4, 0.5) is 5.69 Å². The number of halogens is 1. The smallest absolute Gasteiger partial charge is 0.309 e. The summed E-state index contributed by atoms with van der Waals surface area (Å²) in [4.78, 5) is 28.4. The minimum atomic E-state index is -3.63. The fourth-order valence-corrected chi connectivity index (χ4v) is 5.17. The number of esters is 1. The fraction of sp³-hybridized carbons (Fsp3) is 0.350. The monoisotopic (exact) mass is 495 g/mol. The van der Waals surface area contributed by atoms with E-state index < -0.39 is 34.4 Å². The first-order valence-electron chi connectivity index (χ1n) is 9.40. The third-order valence-electron chi connectivity index (χ3n) is 4.80. The van der Waals surface area contributed by atoms with Crippen molar-refractivity contribution in [2.45, 2.75) is 24.7 Å². The Morgan fingerprint density at radius 1 is 1.27 bits per heavy atom. The maximum absolute atomic E-state index is 12.6. The summed E-state index contributed by atoms with van der Waals surface area (Å²) in [5.74, 6) is -1.37. The van der Waals surface area contributed by atoms with E-state index in [1.54, 1.807) is 12.1 Å². The van der Waals surface area contributed by atoms with E-state index in [0.717, 1.165) is 10.0 Å². The molecule has 0 radical (unpaired) electrons. The molecule has 1 aromatic carbocycles. The number of carbonyl (C=O) groups excluding carboxylic acids is 2. The quantitative estimate of drug-likeness (QED) is 0.617. The third kappa shape index (κ3) is 5.44. The Kier molecular flexibility index (Phi) is 7.22. The van der Waals surface area contributed by atoms with Crippen molar-refractivity contribution >= 4 is 43.5 Å². The number of nitrogens with zero attached hydrogens (tertiary/aromatic N) is 2. The van der Waals surface area contributed by atoms with Crippen LogP contribution in [0.5, 0.6) is 0 Å².